The number of nitrogens with zero attached hydrogens (tertiary/aromatic N) is 1. The fourth-order valence-corrected chi connectivity index (χ4v) is 4.44. The van der Waals surface area contributed by atoms with Gasteiger partial charge in [-0.1, -0.05) is 5.92 Å². The highest BCUT2D eigenvalue weighted by Crippen LogP contribution is 2.27. The summed E-state index contributed by atoms with van der Waals surface area (Å²) < 4.78 is 32.2. The number of β-amino-alcohol motifs (C(OH)–C–C–N with tert-alkyl or cyclic N) is 1. The van der Waals surface area contributed by atoms with Crippen LogP contribution in [0.1, 0.15) is 26.7 Å². The highest BCUT2D eigenvalue weighted by atomic mass is 32.2. The average Bonchev–Trinajstić information content (AvgIpc) is 2.61. The zero-order valence-corrected chi connectivity index (χ0v) is 15.4. The summed E-state index contributed by atoms with van der Waals surface area (Å²) in [6.07, 6.45) is -0.824. The van der Waals surface area contributed by atoms with Crippen LogP contribution in [0.4, 0.5) is 0 Å². The fourth-order valence-electron chi connectivity index (χ4n) is 2.78. The van der Waals surface area contributed by atoms with E-state index < -0.39 is 28.1 Å². The molecule has 2 rings (SSSR count). The molecule has 3 unspecified atom stereocenters. The van der Waals surface area contributed by atoms with E-state index in [1.807, 2.05) is 0 Å². The van der Waals surface area contributed by atoms with Crippen molar-refractivity contribution < 1.29 is 28.3 Å². The summed E-state index contributed by atoms with van der Waals surface area (Å²) in [5, 5.41) is 18.7. The minimum atomic E-state index is -4.04. The average molecular weight is 382 g/mol. The number of piperidine rings is 1. The third-order valence-electron chi connectivity index (χ3n) is 4.02. The van der Waals surface area contributed by atoms with Gasteiger partial charge in [0.1, 0.15) is 11.8 Å². The second-order valence-electron chi connectivity index (χ2n) is 5.92. The van der Waals surface area contributed by atoms with E-state index in [0.29, 0.717) is 5.75 Å². The molecule has 142 valence electrons. The molecule has 1 aromatic rings. The molecule has 1 amide bonds. The molecule has 1 aliphatic heterocycles. The number of aliphatic hydroxyl groups excluding tert-OH is 1. The Kier molecular flexibility index (Phi) is 6.61. The number of sulfonamides is 1. The molecular weight excluding hydrogens is 360 g/mol. The lowest BCUT2D eigenvalue weighted by Gasteiger charge is -2.35. The summed E-state index contributed by atoms with van der Waals surface area (Å²) >= 11 is 0. The summed E-state index contributed by atoms with van der Waals surface area (Å²) in [5.74, 6) is 5.19. The van der Waals surface area contributed by atoms with Gasteiger partial charge >= 0.3 is 0 Å². The number of benzene rings is 1. The number of amides is 1. The SMILES string of the molecule is CC#CC(C)Oc1ccc(S(=O)(=O)N2CC(O)CCC2C(=O)NO)cc1. The summed E-state index contributed by atoms with van der Waals surface area (Å²) in [7, 11) is -4.04. The van der Waals surface area contributed by atoms with Crippen molar-refractivity contribution in [3.05, 3.63) is 24.3 Å². The molecule has 9 heteroatoms. The molecule has 0 radical (unpaired) electrons. The van der Waals surface area contributed by atoms with Crippen molar-refractivity contribution in [2.45, 2.75) is 49.8 Å². The molecule has 3 N–H and O–H groups in total. The molecule has 1 saturated heterocycles. The molecule has 8 nitrogen and oxygen atoms in total. The maximum atomic E-state index is 12.9. The third kappa shape index (κ3) is 4.53. The number of ether oxygens (including phenoxy) is 1. The van der Waals surface area contributed by atoms with Crippen LogP contribution in [0.3, 0.4) is 0 Å². The van der Waals surface area contributed by atoms with E-state index in [2.05, 4.69) is 11.8 Å². The molecule has 0 aromatic heterocycles. The van der Waals surface area contributed by atoms with Gasteiger partial charge in [0, 0.05) is 6.54 Å². The topological polar surface area (TPSA) is 116 Å². The molecule has 0 spiro atoms. The highest BCUT2D eigenvalue weighted by Gasteiger charge is 2.40. The number of nitrogens with one attached hydrogen (secondary N) is 1. The summed E-state index contributed by atoms with van der Waals surface area (Å²) in [4.78, 5) is 11.8. The van der Waals surface area contributed by atoms with Crippen LogP contribution >= 0.6 is 0 Å². The van der Waals surface area contributed by atoms with Gasteiger partial charge in [-0.15, -0.1) is 5.92 Å². The molecular formula is C17H22N2O6S. The van der Waals surface area contributed by atoms with E-state index >= 15 is 0 Å². The normalized spacial score (nSPS) is 22.0. The van der Waals surface area contributed by atoms with Crippen molar-refractivity contribution in [3.8, 4) is 17.6 Å². The number of hydrogen-bond acceptors (Lipinski definition) is 6. The minimum Gasteiger partial charge on any atom is -0.478 e. The van der Waals surface area contributed by atoms with Gasteiger partial charge in [0.05, 0.1) is 11.0 Å². The zero-order valence-electron chi connectivity index (χ0n) is 14.5. The molecule has 1 fully saturated rings. The molecule has 1 heterocycles. The van der Waals surface area contributed by atoms with Crippen LogP contribution in [-0.2, 0) is 14.8 Å². The number of hydroxylamine groups is 1. The Balaban J connectivity index is 2.26. The van der Waals surface area contributed by atoms with Gasteiger partial charge in [-0.3, -0.25) is 10.0 Å². The van der Waals surface area contributed by atoms with Crippen LogP contribution in [0.5, 0.6) is 5.75 Å². The van der Waals surface area contributed by atoms with Crippen molar-refractivity contribution in [1.29, 1.82) is 0 Å². The molecule has 0 saturated carbocycles. The quantitative estimate of drug-likeness (QED) is 0.388. The number of aliphatic hydroxyl groups is 1. The number of rotatable bonds is 5. The fraction of sp³-hybridized carbons (Fsp3) is 0.471. The second kappa shape index (κ2) is 8.51. The summed E-state index contributed by atoms with van der Waals surface area (Å²) in [5.41, 5.74) is 1.49. The van der Waals surface area contributed by atoms with Gasteiger partial charge in [0.25, 0.3) is 5.91 Å². The van der Waals surface area contributed by atoms with Crippen LogP contribution in [0, 0.1) is 11.8 Å². The lowest BCUT2D eigenvalue weighted by molar-refractivity contribution is -0.135. The number of carbonyl (C=O) groups is 1. The van der Waals surface area contributed by atoms with Gasteiger partial charge < -0.3 is 9.84 Å². The molecule has 1 aromatic carbocycles. The van der Waals surface area contributed by atoms with Gasteiger partial charge in [-0.2, -0.15) is 4.31 Å². The first kappa shape index (κ1) is 20.2. The van der Waals surface area contributed by atoms with E-state index in [9.17, 15) is 18.3 Å². The lowest BCUT2D eigenvalue weighted by Crippen LogP contribution is -2.54. The summed E-state index contributed by atoms with van der Waals surface area (Å²) in [6.45, 7) is 3.25. The van der Waals surface area contributed by atoms with Crippen LogP contribution < -0.4 is 10.2 Å². The van der Waals surface area contributed by atoms with Gasteiger partial charge in [0.15, 0.2) is 6.10 Å². The Morgan fingerprint density at radius 3 is 2.58 bits per heavy atom. The second-order valence-corrected chi connectivity index (χ2v) is 7.81. The van der Waals surface area contributed by atoms with Crippen LogP contribution in [0.2, 0.25) is 0 Å². The van der Waals surface area contributed by atoms with Gasteiger partial charge in [0.2, 0.25) is 10.0 Å². The maximum absolute atomic E-state index is 12.9. The van der Waals surface area contributed by atoms with Crippen LogP contribution in [-0.4, -0.2) is 53.7 Å². The van der Waals surface area contributed by atoms with E-state index in [-0.39, 0.29) is 30.4 Å². The Morgan fingerprint density at radius 2 is 2.00 bits per heavy atom. The minimum absolute atomic E-state index is 0.0380. The Morgan fingerprint density at radius 1 is 1.35 bits per heavy atom. The predicted molar refractivity (Wildman–Crippen MR) is 92.8 cm³/mol. The van der Waals surface area contributed by atoms with Crippen LogP contribution in [0.25, 0.3) is 0 Å². The molecule has 26 heavy (non-hydrogen) atoms. The van der Waals surface area contributed by atoms with E-state index in [4.69, 9.17) is 9.94 Å². The van der Waals surface area contributed by atoms with Gasteiger partial charge in [-0.25, -0.2) is 13.9 Å². The van der Waals surface area contributed by atoms with E-state index in [1.165, 1.54) is 29.7 Å². The highest BCUT2D eigenvalue weighted by molar-refractivity contribution is 7.89. The van der Waals surface area contributed by atoms with E-state index in [0.717, 1.165) is 4.31 Å². The standard InChI is InChI=1S/C17H22N2O6S/c1-3-4-12(2)25-14-6-8-15(9-7-14)26(23,24)19-11-13(20)5-10-16(19)17(21)18-22/h6-9,12-13,16,20,22H,5,10-11H2,1-2H3,(H,18,21). The molecule has 0 aliphatic carbocycles. The van der Waals surface area contributed by atoms with Crippen molar-refractivity contribution >= 4 is 15.9 Å². The first-order chi connectivity index (χ1) is 12.3. The smallest absolute Gasteiger partial charge is 0.261 e. The van der Waals surface area contributed by atoms with Crippen molar-refractivity contribution in [3.63, 3.8) is 0 Å². The predicted octanol–water partition coefficient (Wildman–Crippen LogP) is 0.497. The number of carbonyl (C=O) groups excluding carboxylic acids is 1. The van der Waals surface area contributed by atoms with Crippen molar-refractivity contribution in [2.75, 3.05) is 6.54 Å². The Hall–Kier alpha value is -2.12. The van der Waals surface area contributed by atoms with Crippen LogP contribution in [0.15, 0.2) is 29.2 Å². The molecule has 0 bridgehead atoms. The lowest BCUT2D eigenvalue weighted by atomic mass is 10.0. The first-order valence-corrected chi connectivity index (χ1v) is 9.56. The largest absolute Gasteiger partial charge is 0.478 e. The van der Waals surface area contributed by atoms with Crippen molar-refractivity contribution in [1.82, 2.24) is 9.79 Å². The maximum Gasteiger partial charge on any atom is 0.261 e. The third-order valence-corrected chi connectivity index (χ3v) is 5.90. The monoisotopic (exact) mass is 382 g/mol. The van der Waals surface area contributed by atoms with Gasteiger partial charge in [-0.05, 0) is 51.0 Å². The molecule has 3 atom stereocenters. The first-order valence-electron chi connectivity index (χ1n) is 8.12. The Labute approximate surface area is 152 Å². The Bertz CT molecular complexity index is 797. The summed E-state index contributed by atoms with van der Waals surface area (Å²) in [6, 6.07) is 4.66. The van der Waals surface area contributed by atoms with E-state index in [1.54, 1.807) is 13.8 Å². The molecule has 1 aliphatic rings. The van der Waals surface area contributed by atoms with Crippen molar-refractivity contribution in [2.24, 2.45) is 0 Å². The number of hydrogen-bond donors (Lipinski definition) is 3. The zero-order chi connectivity index (χ0) is 19.3.